The van der Waals surface area contributed by atoms with Crippen LogP contribution in [-0.2, 0) is 0 Å². The lowest BCUT2D eigenvalue weighted by molar-refractivity contribution is 1.87. The fraction of sp³-hybridized carbons (Fsp3) is 0. The van der Waals surface area contributed by atoms with Crippen LogP contribution in [0.4, 0.5) is 0 Å². The molecule has 0 spiro atoms. The Balaban J connectivity index is 2.06. The third-order valence-corrected chi connectivity index (χ3v) is 7.50. The Morgan fingerprint density at radius 3 is 1.41 bits per heavy atom. The van der Waals surface area contributed by atoms with E-state index >= 15 is 0 Å². The van der Waals surface area contributed by atoms with Crippen molar-refractivity contribution in [2.45, 2.75) is 0 Å². The fourth-order valence-electron chi connectivity index (χ4n) is 2.97. The molecule has 4 aromatic heterocycles. The molecule has 0 aliphatic carbocycles. The molecule has 0 saturated carbocycles. The van der Waals surface area contributed by atoms with Gasteiger partial charge in [0.1, 0.15) is 0 Å². The van der Waals surface area contributed by atoms with Crippen molar-refractivity contribution in [3.8, 4) is 20.9 Å². The number of rotatable bonds is 2. The summed E-state index contributed by atoms with van der Waals surface area (Å²) in [4.78, 5) is 2.73. The number of hydrogen-bond acceptors (Lipinski definition) is 4. The highest BCUT2D eigenvalue weighted by atomic mass is 32.1. The quantitative estimate of drug-likeness (QED) is 0.306. The van der Waals surface area contributed by atoms with Crippen LogP contribution in [0.2, 0.25) is 0 Å². The van der Waals surface area contributed by atoms with E-state index in [-0.39, 0.29) is 0 Å². The zero-order chi connectivity index (χ0) is 14.5. The second-order valence-electron chi connectivity index (χ2n) is 5.03. The van der Waals surface area contributed by atoms with E-state index in [2.05, 4.69) is 57.9 Å². The fourth-order valence-corrected chi connectivity index (χ4v) is 6.61. The molecule has 4 heteroatoms. The summed E-state index contributed by atoms with van der Waals surface area (Å²) in [6.45, 7) is 0. The second kappa shape index (κ2) is 5.03. The minimum atomic E-state index is 1.37. The van der Waals surface area contributed by atoms with E-state index in [1.807, 2.05) is 45.3 Å². The zero-order valence-corrected chi connectivity index (χ0v) is 14.7. The van der Waals surface area contributed by atoms with Gasteiger partial charge in [0.25, 0.3) is 0 Å². The van der Waals surface area contributed by atoms with Gasteiger partial charge in [-0.15, -0.1) is 45.3 Å². The summed E-state index contributed by atoms with van der Waals surface area (Å²) in [6, 6.07) is 13.3. The van der Waals surface area contributed by atoms with Crippen molar-refractivity contribution in [1.82, 2.24) is 0 Å². The summed E-state index contributed by atoms with van der Waals surface area (Å²) in [7, 11) is 0. The first-order valence-corrected chi connectivity index (χ1v) is 10.4. The maximum atomic E-state index is 2.27. The first-order chi connectivity index (χ1) is 10.9. The maximum absolute atomic E-state index is 2.27. The molecule has 0 fully saturated rings. The van der Waals surface area contributed by atoms with Gasteiger partial charge < -0.3 is 0 Å². The van der Waals surface area contributed by atoms with Crippen molar-refractivity contribution in [2.24, 2.45) is 0 Å². The van der Waals surface area contributed by atoms with Crippen LogP contribution in [0.3, 0.4) is 0 Å². The molecule has 5 rings (SSSR count). The third kappa shape index (κ3) is 1.78. The van der Waals surface area contributed by atoms with Gasteiger partial charge in [0, 0.05) is 41.1 Å². The highest BCUT2D eigenvalue weighted by Gasteiger charge is 2.20. The molecule has 0 saturated heterocycles. The normalized spacial score (nSPS) is 11.6. The average Bonchev–Trinajstić information content (AvgIpc) is 3.32. The van der Waals surface area contributed by atoms with Crippen molar-refractivity contribution in [1.29, 1.82) is 0 Å². The Bertz CT molecular complexity index is 972. The summed E-state index contributed by atoms with van der Waals surface area (Å²) in [5, 5.41) is 11.6. The van der Waals surface area contributed by atoms with Gasteiger partial charge in [0.05, 0.1) is 0 Å². The van der Waals surface area contributed by atoms with Crippen LogP contribution in [0.1, 0.15) is 0 Å². The Morgan fingerprint density at radius 1 is 0.500 bits per heavy atom. The van der Waals surface area contributed by atoms with Crippen LogP contribution in [0.15, 0.2) is 57.9 Å². The van der Waals surface area contributed by atoms with Gasteiger partial charge in [0.15, 0.2) is 0 Å². The number of hydrogen-bond donors (Lipinski definition) is 0. The summed E-state index contributed by atoms with van der Waals surface area (Å²) < 4.78 is 2.83. The van der Waals surface area contributed by atoms with E-state index in [1.165, 1.54) is 41.1 Å². The summed E-state index contributed by atoms with van der Waals surface area (Å²) >= 11 is 7.38. The Hall–Kier alpha value is -1.46. The molecule has 0 aliphatic heterocycles. The molecule has 0 N–H and O–H groups in total. The molecule has 0 radical (unpaired) electrons. The molecule has 106 valence electrons. The average molecular weight is 355 g/mol. The molecular formula is C18H10S4. The molecule has 22 heavy (non-hydrogen) atoms. The van der Waals surface area contributed by atoms with Crippen molar-refractivity contribution >= 4 is 65.5 Å². The summed E-state index contributed by atoms with van der Waals surface area (Å²) in [5.41, 5.74) is 2.83. The van der Waals surface area contributed by atoms with Crippen molar-refractivity contribution in [3.05, 3.63) is 57.9 Å². The van der Waals surface area contributed by atoms with Crippen molar-refractivity contribution in [2.75, 3.05) is 0 Å². The standard InChI is InChI=1S/C18H10S4/c1-3-13(19-7-1)15-16(14-4-2-8-20-14)18-12(6-10-22-18)11-5-9-21-17(11)15/h1-10H. The molecule has 1 aromatic carbocycles. The summed E-state index contributed by atoms with van der Waals surface area (Å²) in [5.74, 6) is 0. The molecule has 5 aromatic rings. The van der Waals surface area contributed by atoms with Crippen molar-refractivity contribution in [3.63, 3.8) is 0 Å². The van der Waals surface area contributed by atoms with Gasteiger partial charge in [-0.1, -0.05) is 12.1 Å². The van der Waals surface area contributed by atoms with E-state index in [9.17, 15) is 0 Å². The number of thiophene rings is 4. The maximum Gasteiger partial charge on any atom is 0.0442 e. The molecule has 4 heterocycles. The molecule has 0 aliphatic rings. The van der Waals surface area contributed by atoms with E-state index < -0.39 is 0 Å². The van der Waals surface area contributed by atoms with Crippen LogP contribution >= 0.6 is 45.3 Å². The minimum absolute atomic E-state index is 1.37. The van der Waals surface area contributed by atoms with Gasteiger partial charge in [-0.25, -0.2) is 0 Å². The monoisotopic (exact) mass is 354 g/mol. The van der Waals surface area contributed by atoms with Crippen molar-refractivity contribution < 1.29 is 0 Å². The number of fused-ring (bicyclic) bond motifs is 3. The Labute approximate surface area is 143 Å². The molecule has 0 nitrogen and oxygen atoms in total. The van der Waals surface area contributed by atoms with Gasteiger partial charge in [-0.2, -0.15) is 0 Å². The van der Waals surface area contributed by atoms with E-state index in [0.717, 1.165) is 0 Å². The van der Waals surface area contributed by atoms with Crippen LogP contribution < -0.4 is 0 Å². The summed E-state index contributed by atoms with van der Waals surface area (Å²) in [6.07, 6.45) is 0. The van der Waals surface area contributed by atoms with Crippen LogP contribution in [-0.4, -0.2) is 0 Å². The Morgan fingerprint density at radius 2 is 1.00 bits per heavy atom. The zero-order valence-electron chi connectivity index (χ0n) is 11.4. The van der Waals surface area contributed by atoms with E-state index in [0.29, 0.717) is 0 Å². The van der Waals surface area contributed by atoms with Gasteiger partial charge in [0.2, 0.25) is 0 Å². The van der Waals surface area contributed by atoms with Gasteiger partial charge >= 0.3 is 0 Å². The largest absolute Gasteiger partial charge is 0.144 e. The topological polar surface area (TPSA) is 0 Å². The minimum Gasteiger partial charge on any atom is -0.144 e. The second-order valence-corrected chi connectivity index (χ2v) is 8.76. The third-order valence-electron chi connectivity index (χ3n) is 3.86. The van der Waals surface area contributed by atoms with E-state index in [4.69, 9.17) is 0 Å². The van der Waals surface area contributed by atoms with Crippen LogP contribution in [0.25, 0.3) is 41.1 Å². The highest BCUT2D eigenvalue weighted by molar-refractivity contribution is 7.22. The Kier molecular flexibility index (Phi) is 2.98. The lowest BCUT2D eigenvalue weighted by Crippen LogP contribution is -1.83. The molecule has 0 atom stereocenters. The predicted molar refractivity (Wildman–Crippen MR) is 104 cm³/mol. The smallest absolute Gasteiger partial charge is 0.0442 e. The molecule has 0 bridgehead atoms. The van der Waals surface area contributed by atoms with Crippen LogP contribution in [0, 0.1) is 0 Å². The van der Waals surface area contributed by atoms with Gasteiger partial charge in [-0.05, 0) is 45.8 Å². The molecule has 0 amide bonds. The molecular weight excluding hydrogens is 344 g/mol. The lowest BCUT2D eigenvalue weighted by atomic mass is 9.99. The van der Waals surface area contributed by atoms with E-state index in [1.54, 1.807) is 0 Å². The van der Waals surface area contributed by atoms with Crippen LogP contribution in [0.5, 0.6) is 0 Å². The SMILES string of the molecule is c1csc(-c2c(-c3cccs3)c3sccc3c3ccsc23)c1. The first kappa shape index (κ1) is 13.0. The number of benzene rings is 1. The lowest BCUT2D eigenvalue weighted by Gasteiger charge is -2.11. The van der Waals surface area contributed by atoms with Gasteiger partial charge in [-0.3, -0.25) is 0 Å². The highest BCUT2D eigenvalue weighted by Crippen LogP contribution is 2.49. The first-order valence-electron chi connectivity index (χ1n) is 6.91. The predicted octanol–water partition coefficient (Wildman–Crippen LogP) is 7.57. The molecule has 0 unspecified atom stereocenters.